The fourth-order valence-corrected chi connectivity index (χ4v) is 2.25. The molecule has 0 aliphatic carbocycles. The van der Waals surface area contributed by atoms with Crippen LogP contribution in [0.1, 0.15) is 0 Å². The van der Waals surface area contributed by atoms with Crippen molar-refractivity contribution in [3.05, 3.63) is 16.8 Å². The molecule has 5 heteroatoms. The quantitative estimate of drug-likeness (QED) is 0.458. The molecule has 0 amide bonds. The van der Waals surface area contributed by atoms with Gasteiger partial charge in [0.05, 0.1) is 0 Å². The maximum atomic E-state index is 8.63. The summed E-state index contributed by atoms with van der Waals surface area (Å²) < 4.78 is 0. The fourth-order valence-electron chi connectivity index (χ4n) is 0.455. The highest BCUT2D eigenvalue weighted by Gasteiger charge is 2.30. The van der Waals surface area contributed by atoms with Crippen LogP contribution in [0.3, 0.4) is 0 Å². The molecule has 1 heterocycles. The molecule has 0 aliphatic heterocycles. The van der Waals surface area contributed by atoms with Gasteiger partial charge in [-0.1, -0.05) is 0 Å². The molecule has 3 N–H and O–H groups in total. The normalized spacial score (nSPS) is 11.9. The highest BCUT2D eigenvalue weighted by atomic mass is 32.1. The summed E-state index contributed by atoms with van der Waals surface area (Å²) in [7, 11) is -3.97. The summed E-state index contributed by atoms with van der Waals surface area (Å²) in [6.45, 7) is 0. The lowest BCUT2D eigenvalue weighted by Gasteiger charge is -2.04. The van der Waals surface area contributed by atoms with Crippen molar-refractivity contribution >= 4 is 25.3 Å². The van der Waals surface area contributed by atoms with Crippen LogP contribution >= 0.6 is 11.3 Å². The lowest BCUT2D eigenvalue weighted by molar-refractivity contribution is 0.250. The smallest absolute Gasteiger partial charge is 0.386 e. The molecule has 50 valence electrons. The minimum absolute atomic E-state index is 0.243. The number of thiophene rings is 1. The number of hydrogen-bond acceptors (Lipinski definition) is 4. The monoisotopic (exact) mass is 162 g/mol. The van der Waals surface area contributed by atoms with Crippen molar-refractivity contribution in [1.29, 1.82) is 0 Å². The van der Waals surface area contributed by atoms with E-state index in [-0.39, 0.29) is 5.19 Å². The third-order valence-corrected chi connectivity index (χ3v) is 2.89. The molecule has 0 unspecified atom stereocenters. The Kier molecular flexibility index (Phi) is 1.69. The number of hydrogen-bond donors (Lipinski definition) is 3. The molecule has 3 nitrogen and oxygen atoms in total. The average Bonchev–Trinajstić information content (AvgIpc) is 2.08. The first-order valence-electron chi connectivity index (χ1n) is 2.30. The molecule has 0 aliphatic rings. The molecule has 0 fully saturated rings. The number of rotatable bonds is 1. The first kappa shape index (κ1) is 6.91. The van der Waals surface area contributed by atoms with Gasteiger partial charge in [-0.2, -0.15) is 11.3 Å². The molecule has 1 aromatic heterocycles. The van der Waals surface area contributed by atoms with Gasteiger partial charge in [-0.3, -0.25) is 0 Å². The highest BCUT2D eigenvalue weighted by molar-refractivity contribution is 7.09. The van der Waals surface area contributed by atoms with E-state index in [0.717, 1.165) is 0 Å². The van der Waals surface area contributed by atoms with Gasteiger partial charge in [0, 0.05) is 5.19 Å². The Hall–Kier alpha value is -0.203. The van der Waals surface area contributed by atoms with Crippen molar-refractivity contribution in [1.82, 2.24) is 0 Å². The maximum absolute atomic E-state index is 8.63. The summed E-state index contributed by atoms with van der Waals surface area (Å²) in [5.41, 5.74) is 0. The Morgan fingerprint density at radius 1 is 1.33 bits per heavy atom. The molecular weight excluding hydrogens is 156 g/mol. The topological polar surface area (TPSA) is 60.7 Å². The third kappa shape index (κ3) is 1.60. The molecular formula is C4H6O3SSi. The van der Waals surface area contributed by atoms with Gasteiger partial charge < -0.3 is 14.4 Å². The summed E-state index contributed by atoms with van der Waals surface area (Å²) in [5, 5.41) is 3.44. The van der Waals surface area contributed by atoms with Crippen molar-refractivity contribution in [2.45, 2.75) is 0 Å². The van der Waals surface area contributed by atoms with Gasteiger partial charge in [-0.15, -0.1) is 0 Å². The van der Waals surface area contributed by atoms with Crippen molar-refractivity contribution < 1.29 is 14.4 Å². The van der Waals surface area contributed by atoms with Crippen LogP contribution in [-0.2, 0) is 0 Å². The van der Waals surface area contributed by atoms with E-state index >= 15 is 0 Å². The van der Waals surface area contributed by atoms with Crippen LogP contribution in [-0.4, -0.2) is 23.2 Å². The molecule has 1 rings (SSSR count). The van der Waals surface area contributed by atoms with E-state index in [0.29, 0.717) is 0 Å². The van der Waals surface area contributed by atoms with Gasteiger partial charge in [0.25, 0.3) is 0 Å². The minimum Gasteiger partial charge on any atom is -0.386 e. The van der Waals surface area contributed by atoms with Crippen molar-refractivity contribution in [2.75, 3.05) is 0 Å². The Morgan fingerprint density at radius 3 is 2.22 bits per heavy atom. The lowest BCUT2D eigenvalue weighted by Crippen LogP contribution is -2.47. The van der Waals surface area contributed by atoms with Crippen LogP contribution in [0.15, 0.2) is 16.8 Å². The minimum atomic E-state index is -3.97. The zero-order chi connectivity index (χ0) is 6.91. The van der Waals surface area contributed by atoms with Crippen molar-refractivity contribution in [3.63, 3.8) is 0 Å². The Morgan fingerprint density at radius 2 is 2.00 bits per heavy atom. The molecule has 0 atom stereocenters. The summed E-state index contributed by atoms with van der Waals surface area (Å²) in [4.78, 5) is 25.9. The maximum Gasteiger partial charge on any atom is 0.529 e. The predicted molar refractivity (Wildman–Crippen MR) is 36.4 cm³/mol. The van der Waals surface area contributed by atoms with E-state index in [2.05, 4.69) is 0 Å². The summed E-state index contributed by atoms with van der Waals surface area (Å²) in [6.07, 6.45) is 0. The predicted octanol–water partition coefficient (Wildman–Crippen LogP) is -1.13. The van der Waals surface area contributed by atoms with E-state index in [1.54, 1.807) is 5.38 Å². The first-order valence-corrected chi connectivity index (χ1v) is 5.09. The molecule has 0 aromatic carbocycles. The third-order valence-electron chi connectivity index (χ3n) is 0.908. The van der Waals surface area contributed by atoms with Crippen LogP contribution in [0.5, 0.6) is 0 Å². The summed E-state index contributed by atoms with van der Waals surface area (Å²) in [6, 6.07) is 1.50. The van der Waals surface area contributed by atoms with Gasteiger partial charge in [-0.05, 0) is 16.8 Å². The second-order valence-electron chi connectivity index (χ2n) is 1.65. The molecule has 0 spiro atoms. The standard InChI is InChI=1S/C4H6O3SSi/c5-9(6,7)4-1-2-8-3-4/h1-3,5-7H. The fraction of sp³-hybridized carbons (Fsp3) is 0. The summed E-state index contributed by atoms with van der Waals surface area (Å²) in [5.74, 6) is 0. The molecule has 1 aromatic rings. The second kappa shape index (κ2) is 2.20. The SMILES string of the molecule is O[Si](O)(O)c1ccsc1. The van der Waals surface area contributed by atoms with E-state index < -0.39 is 8.80 Å². The van der Waals surface area contributed by atoms with Crippen LogP contribution in [0.2, 0.25) is 0 Å². The Labute approximate surface area is 57.2 Å². The van der Waals surface area contributed by atoms with Crippen LogP contribution in [0.25, 0.3) is 0 Å². The van der Waals surface area contributed by atoms with Gasteiger partial charge in [-0.25, -0.2) is 0 Å². The van der Waals surface area contributed by atoms with Crippen molar-refractivity contribution in [3.8, 4) is 0 Å². The lowest BCUT2D eigenvalue weighted by atomic mass is 10.7. The Bertz CT molecular complexity index is 178. The van der Waals surface area contributed by atoms with Crippen LogP contribution in [0.4, 0.5) is 0 Å². The Balaban J connectivity index is 2.90. The van der Waals surface area contributed by atoms with E-state index in [4.69, 9.17) is 14.4 Å². The second-order valence-corrected chi connectivity index (χ2v) is 4.28. The van der Waals surface area contributed by atoms with E-state index in [1.807, 2.05) is 0 Å². The summed E-state index contributed by atoms with van der Waals surface area (Å²) >= 11 is 1.32. The first-order chi connectivity index (χ1) is 4.11. The molecule has 0 saturated carbocycles. The zero-order valence-corrected chi connectivity index (χ0v) is 6.30. The molecule has 0 saturated heterocycles. The largest absolute Gasteiger partial charge is 0.529 e. The van der Waals surface area contributed by atoms with Crippen LogP contribution in [0, 0.1) is 0 Å². The zero-order valence-electron chi connectivity index (χ0n) is 4.48. The molecule has 0 radical (unpaired) electrons. The van der Waals surface area contributed by atoms with Gasteiger partial charge >= 0.3 is 8.80 Å². The van der Waals surface area contributed by atoms with Gasteiger partial charge in [0.2, 0.25) is 0 Å². The average molecular weight is 162 g/mol. The van der Waals surface area contributed by atoms with E-state index in [9.17, 15) is 0 Å². The highest BCUT2D eigenvalue weighted by Crippen LogP contribution is 1.96. The van der Waals surface area contributed by atoms with E-state index in [1.165, 1.54) is 22.8 Å². The van der Waals surface area contributed by atoms with Gasteiger partial charge in [0.15, 0.2) is 0 Å². The van der Waals surface area contributed by atoms with Crippen molar-refractivity contribution in [2.24, 2.45) is 0 Å². The molecule has 0 bridgehead atoms. The van der Waals surface area contributed by atoms with Gasteiger partial charge in [0.1, 0.15) is 0 Å². The molecule has 9 heavy (non-hydrogen) atoms. The van der Waals surface area contributed by atoms with Crippen LogP contribution < -0.4 is 5.19 Å².